The minimum atomic E-state index is -0.382. The first-order chi connectivity index (χ1) is 4.33. The Balaban J connectivity index is 3.01. The molecular formula is C6H5ClOP+. The lowest BCUT2D eigenvalue weighted by atomic mass is 10.4. The highest BCUT2D eigenvalue weighted by Crippen LogP contribution is 2.06. The molecule has 3 heteroatoms. The summed E-state index contributed by atoms with van der Waals surface area (Å²) in [6, 6.07) is 6.94. The molecule has 1 nitrogen and oxygen atoms in total. The van der Waals surface area contributed by atoms with Crippen molar-refractivity contribution < 1.29 is 4.57 Å². The molecular weight excluding hydrogens is 154 g/mol. The van der Waals surface area contributed by atoms with Crippen molar-refractivity contribution in [3.05, 3.63) is 29.3 Å². The Morgan fingerprint density at radius 1 is 1.22 bits per heavy atom. The number of benzene rings is 1. The largest absolute Gasteiger partial charge is 0.363 e. The van der Waals surface area contributed by atoms with Gasteiger partial charge >= 0.3 is 8.46 Å². The SMILES string of the molecule is O=[PH+]c1ccc(Cl)cc1. The summed E-state index contributed by atoms with van der Waals surface area (Å²) in [5.41, 5.74) is 0. The third-order valence-electron chi connectivity index (χ3n) is 0.962. The molecule has 1 rings (SSSR count). The van der Waals surface area contributed by atoms with E-state index < -0.39 is 0 Å². The van der Waals surface area contributed by atoms with Crippen molar-refractivity contribution in [2.45, 2.75) is 0 Å². The maximum absolute atomic E-state index is 10.2. The highest BCUT2D eigenvalue weighted by molar-refractivity contribution is 7.34. The summed E-state index contributed by atoms with van der Waals surface area (Å²) >= 11 is 5.57. The lowest BCUT2D eigenvalue weighted by Gasteiger charge is -1.82. The summed E-state index contributed by atoms with van der Waals surface area (Å²) in [6.07, 6.45) is 0. The van der Waals surface area contributed by atoms with E-state index >= 15 is 0 Å². The van der Waals surface area contributed by atoms with E-state index in [1.807, 2.05) is 0 Å². The molecule has 0 bridgehead atoms. The van der Waals surface area contributed by atoms with E-state index in [4.69, 9.17) is 11.6 Å². The second-order valence-corrected chi connectivity index (χ2v) is 2.83. The summed E-state index contributed by atoms with van der Waals surface area (Å²) in [6.45, 7) is 0. The van der Waals surface area contributed by atoms with E-state index in [2.05, 4.69) is 0 Å². The third-order valence-corrected chi connectivity index (χ3v) is 1.78. The molecule has 0 saturated heterocycles. The number of halogens is 1. The van der Waals surface area contributed by atoms with Crippen LogP contribution in [0.3, 0.4) is 0 Å². The zero-order valence-electron chi connectivity index (χ0n) is 4.60. The van der Waals surface area contributed by atoms with Crippen LogP contribution in [0.5, 0.6) is 0 Å². The molecule has 1 atom stereocenters. The Morgan fingerprint density at radius 2 is 1.78 bits per heavy atom. The fourth-order valence-corrected chi connectivity index (χ4v) is 0.947. The number of rotatable bonds is 1. The minimum absolute atomic E-state index is 0.382. The van der Waals surface area contributed by atoms with Gasteiger partial charge in [0.25, 0.3) is 0 Å². The van der Waals surface area contributed by atoms with Crippen LogP contribution in [0, 0.1) is 0 Å². The van der Waals surface area contributed by atoms with Gasteiger partial charge in [0.15, 0.2) is 5.30 Å². The summed E-state index contributed by atoms with van der Waals surface area (Å²) in [5, 5.41) is 1.48. The Morgan fingerprint density at radius 3 is 2.22 bits per heavy atom. The number of hydrogen-bond donors (Lipinski definition) is 0. The van der Waals surface area contributed by atoms with E-state index in [1.165, 1.54) is 0 Å². The van der Waals surface area contributed by atoms with Gasteiger partial charge in [0.05, 0.1) is 0 Å². The van der Waals surface area contributed by atoms with Gasteiger partial charge in [0.1, 0.15) is 0 Å². The van der Waals surface area contributed by atoms with Crippen molar-refractivity contribution in [1.82, 2.24) is 0 Å². The van der Waals surface area contributed by atoms with Crippen LogP contribution in [-0.4, -0.2) is 0 Å². The zero-order chi connectivity index (χ0) is 6.69. The van der Waals surface area contributed by atoms with E-state index in [9.17, 15) is 4.57 Å². The van der Waals surface area contributed by atoms with Crippen molar-refractivity contribution in [2.24, 2.45) is 0 Å². The molecule has 0 fully saturated rings. The molecule has 1 unspecified atom stereocenters. The van der Waals surface area contributed by atoms with Crippen LogP contribution < -0.4 is 5.30 Å². The van der Waals surface area contributed by atoms with Crippen LogP contribution in [0.25, 0.3) is 0 Å². The molecule has 0 spiro atoms. The van der Waals surface area contributed by atoms with Crippen molar-refractivity contribution in [2.75, 3.05) is 0 Å². The topological polar surface area (TPSA) is 17.1 Å². The van der Waals surface area contributed by atoms with E-state index in [-0.39, 0.29) is 8.46 Å². The molecule has 1 aromatic rings. The summed E-state index contributed by atoms with van der Waals surface area (Å²) in [4.78, 5) is 0. The molecule has 0 aromatic heterocycles. The van der Waals surface area contributed by atoms with Crippen LogP contribution in [0.2, 0.25) is 5.02 Å². The first-order valence-corrected chi connectivity index (χ1v) is 3.75. The van der Waals surface area contributed by atoms with Gasteiger partial charge in [0.2, 0.25) is 0 Å². The molecule has 0 aliphatic carbocycles. The van der Waals surface area contributed by atoms with Crippen LogP contribution in [0.15, 0.2) is 24.3 Å². The second-order valence-electron chi connectivity index (χ2n) is 1.61. The lowest BCUT2D eigenvalue weighted by Crippen LogP contribution is -1.86. The van der Waals surface area contributed by atoms with E-state index in [0.29, 0.717) is 5.02 Å². The first kappa shape index (κ1) is 6.73. The van der Waals surface area contributed by atoms with Gasteiger partial charge in [-0.1, -0.05) is 16.2 Å². The van der Waals surface area contributed by atoms with Crippen LogP contribution >= 0.6 is 20.1 Å². The van der Waals surface area contributed by atoms with Crippen molar-refractivity contribution in [1.29, 1.82) is 0 Å². The summed E-state index contributed by atoms with van der Waals surface area (Å²) in [7, 11) is -0.382. The van der Waals surface area contributed by atoms with Crippen molar-refractivity contribution in [3.8, 4) is 0 Å². The molecule has 0 radical (unpaired) electrons. The monoisotopic (exact) mass is 159 g/mol. The lowest BCUT2D eigenvalue weighted by molar-refractivity contribution is 0.603. The second kappa shape index (κ2) is 2.95. The van der Waals surface area contributed by atoms with E-state index in [0.717, 1.165) is 5.30 Å². The maximum Gasteiger partial charge on any atom is 0.363 e. The smallest absolute Gasteiger partial charge is 0.0843 e. The molecule has 9 heavy (non-hydrogen) atoms. The normalized spacial score (nSPS) is 9.89. The maximum atomic E-state index is 10.2. The van der Waals surface area contributed by atoms with Gasteiger partial charge in [0, 0.05) is 5.02 Å². The first-order valence-electron chi connectivity index (χ1n) is 2.46. The average Bonchev–Trinajstić information content (AvgIpc) is 1.90. The average molecular weight is 160 g/mol. The van der Waals surface area contributed by atoms with Crippen LogP contribution in [0.4, 0.5) is 0 Å². The molecule has 1 aromatic carbocycles. The third kappa shape index (κ3) is 1.78. The quantitative estimate of drug-likeness (QED) is 0.573. The Labute approximate surface area is 59.9 Å². The van der Waals surface area contributed by atoms with Gasteiger partial charge < -0.3 is 0 Å². The molecule has 0 amide bonds. The van der Waals surface area contributed by atoms with Gasteiger partial charge in [-0.05, 0) is 24.3 Å². The Bertz CT molecular complexity index is 207. The van der Waals surface area contributed by atoms with E-state index in [1.54, 1.807) is 24.3 Å². The number of hydrogen-bond acceptors (Lipinski definition) is 1. The van der Waals surface area contributed by atoms with Crippen LogP contribution in [0.1, 0.15) is 0 Å². The van der Waals surface area contributed by atoms with Gasteiger partial charge in [-0.25, -0.2) is 0 Å². The summed E-state index contributed by atoms with van der Waals surface area (Å²) < 4.78 is 10.2. The Kier molecular flexibility index (Phi) is 2.21. The molecule has 0 saturated carbocycles. The predicted octanol–water partition coefficient (Wildman–Crippen LogP) is 1.99. The standard InChI is InChI=1S/C6H4ClOP/c7-5-1-3-6(9-8)4-2-5/h1-4H/p+1. The molecule has 0 aliphatic heterocycles. The molecule has 46 valence electrons. The van der Waals surface area contributed by atoms with Gasteiger partial charge in [-0.2, -0.15) is 0 Å². The molecule has 0 aliphatic rings. The highest BCUT2D eigenvalue weighted by atomic mass is 35.5. The fourth-order valence-electron chi connectivity index (χ4n) is 0.518. The minimum Gasteiger partial charge on any atom is -0.0843 e. The van der Waals surface area contributed by atoms with Crippen LogP contribution in [-0.2, 0) is 4.57 Å². The highest BCUT2D eigenvalue weighted by Gasteiger charge is 1.95. The van der Waals surface area contributed by atoms with Gasteiger partial charge in [-0.15, -0.1) is 0 Å². The summed E-state index contributed by atoms with van der Waals surface area (Å²) in [5.74, 6) is 0. The predicted molar refractivity (Wildman–Crippen MR) is 40.1 cm³/mol. The Hall–Kier alpha value is -0.390. The zero-order valence-corrected chi connectivity index (χ0v) is 6.35. The fraction of sp³-hybridized carbons (Fsp3) is 0. The molecule has 0 heterocycles. The van der Waals surface area contributed by atoms with Gasteiger partial charge in [-0.3, -0.25) is 0 Å². The molecule has 0 N–H and O–H groups in total. The van der Waals surface area contributed by atoms with Crippen molar-refractivity contribution >= 4 is 25.4 Å². The van der Waals surface area contributed by atoms with Crippen molar-refractivity contribution in [3.63, 3.8) is 0 Å².